The molecule has 0 saturated heterocycles. The van der Waals surface area contributed by atoms with Gasteiger partial charge in [0.25, 0.3) is 5.91 Å². The van der Waals surface area contributed by atoms with Gasteiger partial charge in [-0.25, -0.2) is 14.6 Å². The molecule has 3 rings (SSSR count). The summed E-state index contributed by atoms with van der Waals surface area (Å²) in [4.78, 5) is 20.8. The van der Waals surface area contributed by atoms with Crippen molar-refractivity contribution >= 4 is 17.7 Å². The van der Waals surface area contributed by atoms with Crippen LogP contribution in [0.3, 0.4) is 0 Å². The van der Waals surface area contributed by atoms with Crippen molar-refractivity contribution in [3.8, 4) is 5.69 Å². The number of carbonyl (C=O) groups excluding carboxylic acids is 1. The van der Waals surface area contributed by atoms with Crippen LogP contribution in [0.1, 0.15) is 21.7 Å². The number of nitrogens with zero attached hydrogens (tertiary/aromatic N) is 5. The lowest BCUT2D eigenvalue weighted by atomic mass is 10.2. The van der Waals surface area contributed by atoms with Gasteiger partial charge in [-0.2, -0.15) is 0 Å². The molecule has 7 nitrogen and oxygen atoms in total. The number of amides is 1. The maximum Gasteiger partial charge on any atom is 0.274 e. The third kappa shape index (κ3) is 4.15. The third-order valence-corrected chi connectivity index (χ3v) is 4.43. The van der Waals surface area contributed by atoms with Gasteiger partial charge in [-0.15, -0.1) is 11.7 Å². The summed E-state index contributed by atoms with van der Waals surface area (Å²) in [5.41, 5.74) is 2.96. The molecule has 0 spiro atoms. The topological polar surface area (TPSA) is 85.6 Å². The second kappa shape index (κ2) is 8.39. The Hall–Kier alpha value is -3.00. The van der Waals surface area contributed by atoms with E-state index in [0.29, 0.717) is 23.1 Å². The average molecular weight is 366 g/mol. The molecule has 0 aliphatic heterocycles. The van der Waals surface area contributed by atoms with Crippen LogP contribution in [-0.2, 0) is 5.75 Å². The smallest absolute Gasteiger partial charge is 0.274 e. The number of aryl methyl sites for hydroxylation is 1. The summed E-state index contributed by atoms with van der Waals surface area (Å²) >= 11 is 1.42. The fourth-order valence-electron chi connectivity index (χ4n) is 2.24. The number of rotatable bonds is 7. The van der Waals surface area contributed by atoms with Crippen molar-refractivity contribution in [3.63, 3.8) is 0 Å². The van der Waals surface area contributed by atoms with E-state index in [9.17, 15) is 4.79 Å². The molecule has 3 aromatic rings. The predicted octanol–water partition coefficient (Wildman–Crippen LogP) is 2.57. The Bertz CT molecular complexity index is 892. The molecule has 0 bridgehead atoms. The Balaban J connectivity index is 1.93. The van der Waals surface area contributed by atoms with Gasteiger partial charge in [0.2, 0.25) is 0 Å². The summed E-state index contributed by atoms with van der Waals surface area (Å²) in [6.07, 6.45) is 4.99. The summed E-state index contributed by atoms with van der Waals surface area (Å²) in [6.45, 7) is 5.99. The van der Waals surface area contributed by atoms with Crippen LogP contribution in [0.15, 0.2) is 60.5 Å². The van der Waals surface area contributed by atoms with Gasteiger partial charge in [-0.05, 0) is 25.1 Å². The summed E-state index contributed by atoms with van der Waals surface area (Å²) in [7, 11) is 0. The first-order chi connectivity index (χ1) is 12.7. The van der Waals surface area contributed by atoms with E-state index in [0.717, 1.165) is 11.3 Å². The van der Waals surface area contributed by atoms with Crippen molar-refractivity contribution in [2.75, 3.05) is 6.54 Å². The lowest BCUT2D eigenvalue weighted by Crippen LogP contribution is -2.25. The van der Waals surface area contributed by atoms with Crippen LogP contribution in [0, 0.1) is 6.92 Å². The standard InChI is InChI=1S/C18H18N6OS/c1-3-9-19-17(25)16-15(12-26-18-20-10-4-11-21-18)24(23-22-16)14-7-5-13(2)6-8-14/h3-8,10-11H,1,9,12H2,2H3,(H,19,25). The molecule has 2 aromatic heterocycles. The van der Waals surface area contributed by atoms with E-state index < -0.39 is 0 Å². The number of benzene rings is 1. The molecule has 0 fully saturated rings. The minimum Gasteiger partial charge on any atom is -0.347 e. The molecule has 0 atom stereocenters. The fraction of sp³-hybridized carbons (Fsp3) is 0.167. The van der Waals surface area contributed by atoms with Crippen molar-refractivity contribution in [2.24, 2.45) is 0 Å². The third-order valence-electron chi connectivity index (χ3n) is 3.54. The van der Waals surface area contributed by atoms with Crippen LogP contribution in [0.4, 0.5) is 0 Å². The van der Waals surface area contributed by atoms with Gasteiger partial charge >= 0.3 is 0 Å². The lowest BCUT2D eigenvalue weighted by Gasteiger charge is -2.08. The minimum absolute atomic E-state index is 0.284. The molecule has 2 heterocycles. The van der Waals surface area contributed by atoms with Crippen molar-refractivity contribution in [3.05, 3.63) is 72.3 Å². The zero-order valence-electron chi connectivity index (χ0n) is 14.3. The van der Waals surface area contributed by atoms with Crippen LogP contribution in [-0.4, -0.2) is 37.4 Å². The van der Waals surface area contributed by atoms with Gasteiger partial charge in [-0.1, -0.05) is 40.7 Å². The molecule has 0 saturated carbocycles. The second-order valence-corrected chi connectivity index (χ2v) is 6.39. The molecule has 1 amide bonds. The Morgan fingerprint density at radius 2 is 2.00 bits per heavy atom. The highest BCUT2D eigenvalue weighted by Gasteiger charge is 2.20. The van der Waals surface area contributed by atoms with Crippen LogP contribution in [0.2, 0.25) is 0 Å². The summed E-state index contributed by atoms with van der Waals surface area (Å²) < 4.78 is 1.68. The van der Waals surface area contributed by atoms with E-state index in [4.69, 9.17) is 0 Å². The summed E-state index contributed by atoms with van der Waals surface area (Å²) in [5.74, 6) is 0.176. The quantitative estimate of drug-likeness (QED) is 0.393. The molecule has 0 unspecified atom stereocenters. The normalized spacial score (nSPS) is 10.5. The van der Waals surface area contributed by atoms with E-state index in [-0.39, 0.29) is 11.6 Å². The highest BCUT2D eigenvalue weighted by atomic mass is 32.2. The van der Waals surface area contributed by atoms with Gasteiger partial charge in [0.05, 0.1) is 11.4 Å². The Morgan fingerprint density at radius 1 is 1.27 bits per heavy atom. The van der Waals surface area contributed by atoms with E-state index in [2.05, 4.69) is 32.2 Å². The summed E-state index contributed by atoms with van der Waals surface area (Å²) in [6, 6.07) is 9.64. The maximum atomic E-state index is 12.4. The maximum absolute atomic E-state index is 12.4. The van der Waals surface area contributed by atoms with E-state index >= 15 is 0 Å². The lowest BCUT2D eigenvalue weighted by molar-refractivity contribution is 0.0952. The second-order valence-electron chi connectivity index (χ2n) is 5.45. The average Bonchev–Trinajstić information content (AvgIpc) is 3.10. The number of thioether (sulfide) groups is 1. The number of hydrogen-bond acceptors (Lipinski definition) is 6. The van der Waals surface area contributed by atoms with E-state index in [1.165, 1.54) is 11.8 Å². The number of carbonyl (C=O) groups is 1. The first kappa shape index (κ1) is 17.8. The van der Waals surface area contributed by atoms with Gasteiger partial charge in [-0.3, -0.25) is 4.79 Å². The molecule has 1 aromatic carbocycles. The van der Waals surface area contributed by atoms with Crippen LogP contribution in [0.5, 0.6) is 0 Å². The van der Waals surface area contributed by atoms with Crippen molar-refractivity contribution in [2.45, 2.75) is 17.8 Å². The van der Waals surface area contributed by atoms with Gasteiger partial charge in [0, 0.05) is 24.7 Å². The Labute approximate surface area is 155 Å². The van der Waals surface area contributed by atoms with E-state index in [1.54, 1.807) is 29.2 Å². The highest BCUT2D eigenvalue weighted by Crippen LogP contribution is 2.22. The van der Waals surface area contributed by atoms with Crippen LogP contribution in [0.25, 0.3) is 5.69 Å². The van der Waals surface area contributed by atoms with Crippen molar-refractivity contribution in [1.29, 1.82) is 0 Å². The molecule has 132 valence electrons. The summed E-state index contributed by atoms with van der Waals surface area (Å²) in [5, 5.41) is 11.7. The SMILES string of the molecule is C=CCNC(=O)c1nnn(-c2ccc(C)cc2)c1CSc1ncccn1. The molecule has 0 aliphatic carbocycles. The van der Waals surface area contributed by atoms with E-state index in [1.807, 2.05) is 31.2 Å². The number of nitrogens with one attached hydrogen (secondary N) is 1. The van der Waals surface area contributed by atoms with Crippen LogP contribution >= 0.6 is 11.8 Å². The molecular weight excluding hydrogens is 348 g/mol. The zero-order valence-corrected chi connectivity index (χ0v) is 15.1. The Kier molecular flexibility index (Phi) is 5.75. The highest BCUT2D eigenvalue weighted by molar-refractivity contribution is 7.98. The monoisotopic (exact) mass is 366 g/mol. The van der Waals surface area contributed by atoms with Crippen molar-refractivity contribution in [1.82, 2.24) is 30.3 Å². The molecular formula is C18H18N6OS. The van der Waals surface area contributed by atoms with Gasteiger partial charge in [0.1, 0.15) is 0 Å². The minimum atomic E-state index is -0.284. The molecule has 8 heteroatoms. The van der Waals surface area contributed by atoms with Gasteiger partial charge < -0.3 is 5.32 Å². The molecule has 0 radical (unpaired) electrons. The first-order valence-electron chi connectivity index (χ1n) is 7.99. The molecule has 26 heavy (non-hydrogen) atoms. The van der Waals surface area contributed by atoms with Gasteiger partial charge in [0.15, 0.2) is 10.9 Å². The van der Waals surface area contributed by atoms with Crippen LogP contribution < -0.4 is 5.32 Å². The largest absolute Gasteiger partial charge is 0.347 e. The number of hydrogen-bond donors (Lipinski definition) is 1. The zero-order chi connectivity index (χ0) is 18.4. The molecule has 0 aliphatic rings. The fourth-order valence-corrected chi connectivity index (χ4v) is 3.04. The number of aromatic nitrogens is 5. The van der Waals surface area contributed by atoms with Crippen molar-refractivity contribution < 1.29 is 4.79 Å². The Morgan fingerprint density at radius 3 is 2.69 bits per heavy atom. The first-order valence-corrected chi connectivity index (χ1v) is 8.98. The molecule has 1 N–H and O–H groups in total. The predicted molar refractivity (Wildman–Crippen MR) is 100 cm³/mol.